The summed E-state index contributed by atoms with van der Waals surface area (Å²) in [7, 11) is -1.88. The largest absolute Gasteiger partial charge is 0.380 e. The second-order valence-corrected chi connectivity index (χ2v) is 9.30. The number of nitrogens with one attached hydrogen (secondary N) is 1. The summed E-state index contributed by atoms with van der Waals surface area (Å²) in [5, 5.41) is 2.85. The van der Waals surface area contributed by atoms with E-state index in [1.807, 2.05) is 49.4 Å². The molecule has 0 atom stereocenters. The summed E-state index contributed by atoms with van der Waals surface area (Å²) < 4.78 is 31.2. The van der Waals surface area contributed by atoms with Gasteiger partial charge in [-0.2, -0.15) is 0 Å². The van der Waals surface area contributed by atoms with Crippen molar-refractivity contribution in [2.45, 2.75) is 20.1 Å². The van der Waals surface area contributed by atoms with Crippen LogP contribution in [0.1, 0.15) is 27.0 Å². The van der Waals surface area contributed by atoms with Gasteiger partial charge in [0.25, 0.3) is 5.91 Å². The molecule has 0 saturated heterocycles. The number of aryl methyl sites for hydroxylation is 1. The Bertz CT molecular complexity index is 1140. The molecule has 162 valence electrons. The highest BCUT2D eigenvalue weighted by molar-refractivity contribution is 7.92. The summed E-state index contributed by atoms with van der Waals surface area (Å²) in [6.07, 6.45) is 1.18. The molecule has 0 fully saturated rings. The molecule has 7 heteroatoms. The van der Waals surface area contributed by atoms with Crippen LogP contribution in [0.4, 0.5) is 11.4 Å². The maximum atomic E-state index is 12.6. The first-order valence-electron chi connectivity index (χ1n) is 9.79. The number of rotatable bonds is 8. The number of benzene rings is 3. The Morgan fingerprint density at radius 3 is 2.26 bits per heavy atom. The molecule has 31 heavy (non-hydrogen) atoms. The zero-order chi connectivity index (χ0) is 22.4. The molecule has 6 nitrogen and oxygen atoms in total. The number of nitrogens with zero attached hydrogens (tertiary/aromatic N) is 1. The van der Waals surface area contributed by atoms with Gasteiger partial charge in [-0.15, -0.1) is 0 Å². The lowest BCUT2D eigenvalue weighted by molar-refractivity contribution is 0.102. The van der Waals surface area contributed by atoms with E-state index in [9.17, 15) is 13.2 Å². The van der Waals surface area contributed by atoms with Crippen LogP contribution in [0.3, 0.4) is 0 Å². The highest BCUT2D eigenvalue weighted by Crippen LogP contribution is 2.22. The van der Waals surface area contributed by atoms with Gasteiger partial charge in [0.2, 0.25) is 10.0 Å². The van der Waals surface area contributed by atoms with Crippen molar-refractivity contribution in [2.24, 2.45) is 0 Å². The lowest BCUT2D eigenvalue weighted by Gasteiger charge is -2.23. The fourth-order valence-corrected chi connectivity index (χ4v) is 4.04. The number of sulfonamides is 1. The van der Waals surface area contributed by atoms with Gasteiger partial charge in [-0.3, -0.25) is 9.10 Å². The van der Waals surface area contributed by atoms with Crippen LogP contribution in [0, 0.1) is 6.92 Å². The molecule has 0 saturated carbocycles. The predicted octanol–water partition coefficient (Wildman–Crippen LogP) is 4.36. The second-order valence-electron chi connectivity index (χ2n) is 7.39. The molecule has 0 spiro atoms. The van der Waals surface area contributed by atoms with E-state index < -0.39 is 10.0 Å². The number of amides is 1. The summed E-state index contributed by atoms with van der Waals surface area (Å²) >= 11 is 0. The average Bonchev–Trinajstić information content (AvgIpc) is 2.73. The van der Waals surface area contributed by atoms with Crippen molar-refractivity contribution in [2.75, 3.05) is 23.0 Å². The Morgan fingerprint density at radius 1 is 0.968 bits per heavy atom. The van der Waals surface area contributed by atoms with Crippen LogP contribution in [0.25, 0.3) is 0 Å². The van der Waals surface area contributed by atoms with Crippen LogP contribution in [0.2, 0.25) is 0 Å². The third kappa shape index (κ3) is 6.16. The van der Waals surface area contributed by atoms with Crippen molar-refractivity contribution in [3.63, 3.8) is 0 Å². The van der Waals surface area contributed by atoms with Crippen LogP contribution in [-0.4, -0.2) is 27.7 Å². The van der Waals surface area contributed by atoms with E-state index in [4.69, 9.17) is 4.74 Å². The van der Waals surface area contributed by atoms with E-state index in [0.29, 0.717) is 23.5 Å². The van der Waals surface area contributed by atoms with Crippen molar-refractivity contribution in [1.82, 2.24) is 0 Å². The molecule has 0 aliphatic rings. The zero-order valence-corrected chi connectivity index (χ0v) is 18.6. The number of carbonyl (C=O) groups is 1. The lowest BCUT2D eigenvalue weighted by atomic mass is 10.1. The first-order chi connectivity index (χ1) is 14.8. The summed E-state index contributed by atoms with van der Waals surface area (Å²) in [5.41, 5.74) is 4.55. The molecule has 0 aliphatic carbocycles. The molecular formula is C24H26N2O4S. The van der Waals surface area contributed by atoms with Gasteiger partial charge in [0.05, 0.1) is 25.1 Å². The maximum Gasteiger partial charge on any atom is 0.255 e. The van der Waals surface area contributed by atoms with Gasteiger partial charge >= 0.3 is 0 Å². The van der Waals surface area contributed by atoms with Crippen LogP contribution < -0.4 is 9.62 Å². The van der Waals surface area contributed by atoms with Crippen LogP contribution in [0.15, 0.2) is 72.8 Å². The van der Waals surface area contributed by atoms with Gasteiger partial charge in [-0.05, 0) is 54.4 Å². The molecule has 0 unspecified atom stereocenters. The quantitative estimate of drug-likeness (QED) is 0.567. The minimum absolute atomic E-state index is 0.219. The predicted molar refractivity (Wildman–Crippen MR) is 124 cm³/mol. The summed E-state index contributed by atoms with van der Waals surface area (Å²) in [4.78, 5) is 12.6. The van der Waals surface area contributed by atoms with Crippen molar-refractivity contribution in [1.29, 1.82) is 0 Å². The molecular weight excluding hydrogens is 412 g/mol. The normalized spacial score (nSPS) is 11.2. The number of hydrogen-bond acceptors (Lipinski definition) is 4. The second kappa shape index (κ2) is 9.76. The van der Waals surface area contributed by atoms with E-state index >= 15 is 0 Å². The molecule has 0 radical (unpaired) electrons. The van der Waals surface area contributed by atoms with Crippen molar-refractivity contribution in [3.8, 4) is 0 Å². The molecule has 0 bridgehead atoms. The minimum Gasteiger partial charge on any atom is -0.380 e. The first-order valence-corrected chi connectivity index (χ1v) is 11.6. The zero-order valence-electron chi connectivity index (χ0n) is 17.8. The average molecular weight is 439 g/mol. The molecule has 0 heterocycles. The fourth-order valence-electron chi connectivity index (χ4n) is 3.15. The Balaban J connectivity index is 1.77. The molecule has 3 aromatic carbocycles. The molecule has 3 aromatic rings. The molecule has 0 aliphatic heterocycles. The van der Waals surface area contributed by atoms with E-state index in [0.717, 1.165) is 16.7 Å². The van der Waals surface area contributed by atoms with Gasteiger partial charge in [-0.1, -0.05) is 42.0 Å². The topological polar surface area (TPSA) is 75.7 Å². The van der Waals surface area contributed by atoms with Gasteiger partial charge in [0, 0.05) is 18.4 Å². The summed E-state index contributed by atoms with van der Waals surface area (Å²) in [6, 6.07) is 21.7. The fraction of sp³-hybridized carbons (Fsp3) is 0.208. The first kappa shape index (κ1) is 22.5. The Kier molecular flexibility index (Phi) is 7.09. The van der Waals surface area contributed by atoms with Gasteiger partial charge in [0.1, 0.15) is 0 Å². The Labute approximate surface area is 183 Å². The third-order valence-corrected chi connectivity index (χ3v) is 5.90. The lowest BCUT2D eigenvalue weighted by Crippen LogP contribution is -2.29. The number of anilines is 2. The van der Waals surface area contributed by atoms with Crippen molar-refractivity contribution < 1.29 is 17.9 Å². The molecule has 0 aromatic heterocycles. The number of ether oxygens (including phenoxy) is 1. The Morgan fingerprint density at radius 2 is 1.65 bits per heavy atom. The Hall–Kier alpha value is -3.16. The summed E-state index contributed by atoms with van der Waals surface area (Å²) in [5.74, 6) is -0.273. The van der Waals surface area contributed by atoms with Crippen LogP contribution in [0.5, 0.6) is 0 Å². The highest BCUT2D eigenvalue weighted by Gasteiger charge is 2.18. The number of carbonyl (C=O) groups excluding carboxylic acids is 1. The highest BCUT2D eigenvalue weighted by atomic mass is 32.2. The van der Waals surface area contributed by atoms with Crippen LogP contribution >= 0.6 is 0 Å². The SMILES string of the molecule is COCc1cccc(NC(=O)c2ccc(N(Cc3ccc(C)cc3)S(C)(=O)=O)cc2)c1. The van der Waals surface area contributed by atoms with Crippen molar-refractivity contribution in [3.05, 3.63) is 95.1 Å². The monoisotopic (exact) mass is 438 g/mol. The molecule has 3 rings (SSSR count). The third-order valence-electron chi connectivity index (χ3n) is 4.76. The van der Waals surface area contributed by atoms with Crippen molar-refractivity contribution >= 4 is 27.3 Å². The number of methoxy groups -OCH3 is 1. The standard InChI is InChI=1S/C24H26N2O4S/c1-18-7-9-19(10-8-18)16-26(31(3,28)29)23-13-11-21(12-14-23)24(27)25-22-6-4-5-20(15-22)17-30-2/h4-15H,16-17H2,1-3H3,(H,25,27). The van der Waals surface area contributed by atoms with E-state index in [-0.39, 0.29) is 12.5 Å². The smallest absolute Gasteiger partial charge is 0.255 e. The van der Waals surface area contributed by atoms with Gasteiger partial charge in [-0.25, -0.2) is 8.42 Å². The molecule has 1 amide bonds. The minimum atomic E-state index is -3.50. The van der Waals surface area contributed by atoms with Gasteiger partial charge < -0.3 is 10.1 Å². The number of hydrogen-bond donors (Lipinski definition) is 1. The van der Waals surface area contributed by atoms with Gasteiger partial charge in [0.15, 0.2) is 0 Å². The van der Waals surface area contributed by atoms with E-state index in [1.165, 1.54) is 10.6 Å². The maximum absolute atomic E-state index is 12.6. The van der Waals surface area contributed by atoms with Crippen LogP contribution in [-0.2, 0) is 27.9 Å². The molecule has 1 N–H and O–H groups in total. The van der Waals surface area contributed by atoms with E-state index in [1.54, 1.807) is 37.4 Å². The van der Waals surface area contributed by atoms with E-state index in [2.05, 4.69) is 5.32 Å². The summed E-state index contributed by atoms with van der Waals surface area (Å²) in [6.45, 7) is 2.66.